The van der Waals surface area contributed by atoms with Crippen LogP contribution in [0.4, 0.5) is 0 Å². The zero-order chi connectivity index (χ0) is 15.5. The molecule has 7 heteroatoms. The summed E-state index contributed by atoms with van der Waals surface area (Å²) >= 11 is 1.34. The van der Waals surface area contributed by atoms with Crippen molar-refractivity contribution in [1.82, 2.24) is 9.21 Å². The maximum Gasteiger partial charge on any atom is 0.252 e. The minimum atomic E-state index is -3.40. The van der Waals surface area contributed by atoms with E-state index in [4.69, 9.17) is 0 Å². The number of hydrogen-bond acceptors (Lipinski definition) is 4. The van der Waals surface area contributed by atoms with E-state index >= 15 is 0 Å². The largest absolute Gasteiger partial charge is 0.340 e. The van der Waals surface area contributed by atoms with Gasteiger partial charge in [-0.3, -0.25) is 4.79 Å². The minimum Gasteiger partial charge on any atom is -0.340 e. The van der Waals surface area contributed by atoms with Crippen LogP contribution >= 0.6 is 11.3 Å². The molecule has 0 atom stereocenters. The van der Waals surface area contributed by atoms with E-state index < -0.39 is 10.0 Å². The van der Waals surface area contributed by atoms with Crippen LogP contribution in [0.3, 0.4) is 0 Å². The van der Waals surface area contributed by atoms with Crippen LogP contribution in [0.1, 0.15) is 31.6 Å². The number of hydrogen-bond donors (Lipinski definition) is 0. The molecule has 2 rings (SSSR count). The van der Waals surface area contributed by atoms with Crippen molar-refractivity contribution in [2.45, 2.75) is 37.3 Å². The Labute approximate surface area is 130 Å². The first-order valence-electron chi connectivity index (χ1n) is 7.35. The van der Waals surface area contributed by atoms with Gasteiger partial charge in [-0.25, -0.2) is 8.42 Å². The lowest BCUT2D eigenvalue weighted by Gasteiger charge is -2.33. The van der Waals surface area contributed by atoms with Gasteiger partial charge in [0.15, 0.2) is 0 Å². The summed E-state index contributed by atoms with van der Waals surface area (Å²) in [5, 5.41) is 0. The average Bonchev–Trinajstić information content (AvgIpc) is 2.97. The summed E-state index contributed by atoms with van der Waals surface area (Å²) in [5.74, 6) is 0.124. The van der Waals surface area contributed by atoms with E-state index in [0.717, 1.165) is 17.7 Å². The van der Waals surface area contributed by atoms with Crippen LogP contribution in [-0.2, 0) is 21.2 Å². The molecule has 1 fully saturated rings. The van der Waals surface area contributed by atoms with Crippen molar-refractivity contribution in [1.29, 1.82) is 0 Å². The van der Waals surface area contributed by atoms with Crippen LogP contribution in [0.2, 0.25) is 0 Å². The second kappa shape index (κ2) is 6.89. The molecule has 0 aliphatic carbocycles. The zero-order valence-electron chi connectivity index (χ0n) is 12.5. The predicted molar refractivity (Wildman–Crippen MR) is 83.9 cm³/mol. The molecule has 1 aliphatic rings. The van der Waals surface area contributed by atoms with E-state index in [1.165, 1.54) is 15.6 Å². The van der Waals surface area contributed by atoms with Crippen molar-refractivity contribution in [2.24, 2.45) is 0 Å². The fourth-order valence-electron chi connectivity index (χ4n) is 2.36. The van der Waals surface area contributed by atoms with Gasteiger partial charge >= 0.3 is 0 Å². The first-order chi connectivity index (χ1) is 9.98. The number of amides is 1. The van der Waals surface area contributed by atoms with Gasteiger partial charge in [0, 0.05) is 37.5 Å². The van der Waals surface area contributed by atoms with Gasteiger partial charge < -0.3 is 4.90 Å². The minimum absolute atomic E-state index is 0.124. The van der Waals surface area contributed by atoms with E-state index in [1.54, 1.807) is 11.0 Å². The summed E-state index contributed by atoms with van der Waals surface area (Å²) in [4.78, 5) is 14.7. The van der Waals surface area contributed by atoms with Gasteiger partial charge in [-0.05, 0) is 25.0 Å². The molecule has 0 unspecified atom stereocenters. The van der Waals surface area contributed by atoms with Gasteiger partial charge in [-0.15, -0.1) is 11.3 Å². The van der Waals surface area contributed by atoms with Gasteiger partial charge in [0.05, 0.1) is 0 Å². The molecule has 0 N–H and O–H groups in total. The lowest BCUT2D eigenvalue weighted by atomic mass is 10.2. The Morgan fingerprint density at radius 1 is 1.19 bits per heavy atom. The molecule has 118 valence electrons. The van der Waals surface area contributed by atoms with Crippen LogP contribution in [0.15, 0.2) is 16.3 Å². The highest BCUT2D eigenvalue weighted by molar-refractivity contribution is 7.91. The quantitative estimate of drug-likeness (QED) is 0.829. The van der Waals surface area contributed by atoms with Crippen molar-refractivity contribution >= 4 is 27.3 Å². The summed E-state index contributed by atoms with van der Waals surface area (Å²) in [5.41, 5.74) is 0. The summed E-state index contributed by atoms with van der Waals surface area (Å²) in [6.07, 6.45) is 2.21. The molecule has 5 nitrogen and oxygen atoms in total. The standard InChI is InChI=1S/C14H22N2O3S2/c1-3-5-13(17)15-8-10-16(11-9-15)21(18,19)14-7-6-12(4-2)20-14/h6-7H,3-5,8-11H2,1-2H3. The third kappa shape index (κ3) is 3.64. The average molecular weight is 330 g/mol. The molecule has 0 bridgehead atoms. The second-order valence-corrected chi connectivity index (χ2v) is 8.44. The Hall–Kier alpha value is -0.920. The Morgan fingerprint density at radius 3 is 2.38 bits per heavy atom. The topological polar surface area (TPSA) is 57.7 Å². The molecule has 1 aromatic heterocycles. The molecular weight excluding hydrogens is 308 g/mol. The van der Waals surface area contributed by atoms with Gasteiger partial charge in [0.25, 0.3) is 10.0 Å². The number of piperazine rings is 1. The summed E-state index contributed by atoms with van der Waals surface area (Å²) in [6.45, 7) is 5.74. The Balaban J connectivity index is 2.02. The molecule has 0 radical (unpaired) electrons. The van der Waals surface area contributed by atoms with Crippen molar-refractivity contribution in [3.05, 3.63) is 17.0 Å². The first kappa shape index (κ1) is 16.5. The monoisotopic (exact) mass is 330 g/mol. The number of carbonyl (C=O) groups excluding carboxylic acids is 1. The Morgan fingerprint density at radius 2 is 1.86 bits per heavy atom. The first-order valence-corrected chi connectivity index (χ1v) is 9.61. The van der Waals surface area contributed by atoms with Crippen molar-refractivity contribution in [2.75, 3.05) is 26.2 Å². The van der Waals surface area contributed by atoms with E-state index in [0.29, 0.717) is 36.8 Å². The highest BCUT2D eigenvalue weighted by Crippen LogP contribution is 2.26. The Kier molecular flexibility index (Phi) is 5.40. The van der Waals surface area contributed by atoms with Gasteiger partial charge in [-0.1, -0.05) is 13.8 Å². The van der Waals surface area contributed by atoms with E-state index in [9.17, 15) is 13.2 Å². The van der Waals surface area contributed by atoms with Crippen LogP contribution < -0.4 is 0 Å². The van der Waals surface area contributed by atoms with Crippen molar-refractivity contribution < 1.29 is 13.2 Å². The molecule has 0 spiro atoms. The fourth-order valence-corrected chi connectivity index (χ4v) is 5.24. The predicted octanol–water partition coefficient (Wildman–Crippen LogP) is 1.94. The molecule has 1 aromatic rings. The molecule has 1 aliphatic heterocycles. The van der Waals surface area contributed by atoms with Gasteiger partial charge in [0.2, 0.25) is 5.91 Å². The smallest absolute Gasteiger partial charge is 0.252 e. The molecule has 21 heavy (non-hydrogen) atoms. The molecule has 2 heterocycles. The maximum absolute atomic E-state index is 12.6. The van der Waals surface area contributed by atoms with Gasteiger partial charge in [-0.2, -0.15) is 4.31 Å². The number of aryl methyl sites for hydroxylation is 1. The van der Waals surface area contributed by atoms with Crippen molar-refractivity contribution in [3.63, 3.8) is 0 Å². The third-order valence-corrected chi connectivity index (χ3v) is 7.23. The number of sulfonamides is 1. The number of carbonyl (C=O) groups is 1. The fraction of sp³-hybridized carbons (Fsp3) is 0.643. The van der Waals surface area contributed by atoms with E-state index in [-0.39, 0.29) is 5.91 Å². The normalized spacial score (nSPS) is 17.1. The van der Waals surface area contributed by atoms with Crippen LogP contribution in [0.5, 0.6) is 0 Å². The number of thiophene rings is 1. The lowest BCUT2D eigenvalue weighted by Crippen LogP contribution is -2.50. The molecule has 1 amide bonds. The van der Waals surface area contributed by atoms with E-state index in [1.807, 2.05) is 19.9 Å². The van der Waals surface area contributed by atoms with Crippen LogP contribution in [0, 0.1) is 0 Å². The molecular formula is C14H22N2O3S2. The zero-order valence-corrected chi connectivity index (χ0v) is 14.2. The molecule has 1 saturated heterocycles. The summed E-state index contributed by atoms with van der Waals surface area (Å²) in [7, 11) is -3.40. The maximum atomic E-state index is 12.6. The molecule has 0 saturated carbocycles. The highest BCUT2D eigenvalue weighted by atomic mass is 32.2. The van der Waals surface area contributed by atoms with Crippen molar-refractivity contribution in [3.8, 4) is 0 Å². The summed E-state index contributed by atoms with van der Waals surface area (Å²) in [6, 6.07) is 3.56. The van der Waals surface area contributed by atoms with E-state index in [2.05, 4.69) is 0 Å². The third-order valence-electron chi connectivity index (χ3n) is 3.63. The van der Waals surface area contributed by atoms with Crippen LogP contribution in [0.25, 0.3) is 0 Å². The lowest BCUT2D eigenvalue weighted by molar-refractivity contribution is -0.132. The molecule has 0 aromatic carbocycles. The number of rotatable bonds is 5. The number of nitrogens with zero attached hydrogens (tertiary/aromatic N) is 2. The second-order valence-electron chi connectivity index (χ2n) is 5.11. The SMILES string of the molecule is CCCC(=O)N1CCN(S(=O)(=O)c2ccc(CC)s2)CC1. The Bertz CT molecular complexity index is 587. The van der Waals surface area contributed by atoms with Crippen LogP contribution in [-0.4, -0.2) is 49.7 Å². The summed E-state index contributed by atoms with van der Waals surface area (Å²) < 4.78 is 27.0. The highest BCUT2D eigenvalue weighted by Gasteiger charge is 2.30. The van der Waals surface area contributed by atoms with Gasteiger partial charge in [0.1, 0.15) is 4.21 Å².